The van der Waals surface area contributed by atoms with Crippen LogP contribution in [0.5, 0.6) is 5.75 Å². The normalized spacial score (nSPS) is 14.0. The zero-order chi connectivity index (χ0) is 15.4. The molecule has 0 aliphatic carbocycles. The molecule has 0 N–H and O–H groups in total. The van der Waals surface area contributed by atoms with Gasteiger partial charge in [0.05, 0.1) is 11.6 Å². The number of ether oxygens (including phenoxy) is 1. The van der Waals surface area contributed by atoms with Gasteiger partial charge in [-0.15, -0.1) is 0 Å². The van der Waals surface area contributed by atoms with Crippen molar-refractivity contribution < 1.29 is 9.53 Å². The quantitative estimate of drug-likeness (QED) is 0.869. The number of carbonyl (C=O) groups is 1. The molecule has 1 fully saturated rings. The maximum Gasteiger partial charge on any atom is 0.227 e. The highest BCUT2D eigenvalue weighted by atomic mass is 16.5. The molecule has 0 radical (unpaired) electrons. The maximum atomic E-state index is 11.7. The number of nitriles is 1. The van der Waals surface area contributed by atoms with Crippen LogP contribution in [0.2, 0.25) is 0 Å². The Balaban J connectivity index is 1.67. The number of carbonyl (C=O) groups excluding carboxylic acids is 1. The minimum absolute atomic E-state index is 0.177. The fraction of sp³-hybridized carbons (Fsp3) is 0.222. The molecule has 1 saturated heterocycles. The number of nitrogens with zero attached hydrogens (tertiary/aromatic N) is 2. The standard InChI is InChI=1S/C18H16N2O2/c19-12-14-4-1-2-5-15(14)13-22-17-9-7-16(8-10-17)20-11-3-6-18(20)21/h1-2,4-5,7-10H,3,6,11,13H2. The molecule has 0 spiro atoms. The summed E-state index contributed by atoms with van der Waals surface area (Å²) in [6.45, 7) is 1.14. The fourth-order valence-electron chi connectivity index (χ4n) is 2.56. The van der Waals surface area contributed by atoms with E-state index in [0.29, 0.717) is 18.6 Å². The van der Waals surface area contributed by atoms with Crippen LogP contribution in [0.4, 0.5) is 5.69 Å². The SMILES string of the molecule is N#Cc1ccccc1COc1ccc(N2CCCC2=O)cc1. The first-order valence-corrected chi connectivity index (χ1v) is 7.29. The summed E-state index contributed by atoms with van der Waals surface area (Å²) < 4.78 is 5.72. The summed E-state index contributed by atoms with van der Waals surface area (Å²) in [5.41, 5.74) is 2.40. The van der Waals surface area contributed by atoms with Gasteiger partial charge in [0.25, 0.3) is 0 Å². The zero-order valence-electron chi connectivity index (χ0n) is 12.2. The van der Waals surface area contributed by atoms with Crippen molar-refractivity contribution in [1.29, 1.82) is 5.26 Å². The van der Waals surface area contributed by atoms with Crippen molar-refractivity contribution in [3.8, 4) is 11.8 Å². The van der Waals surface area contributed by atoms with Gasteiger partial charge in [0.1, 0.15) is 12.4 Å². The first kappa shape index (κ1) is 14.2. The van der Waals surface area contributed by atoms with Crippen LogP contribution in [0.3, 0.4) is 0 Å². The lowest BCUT2D eigenvalue weighted by Crippen LogP contribution is -2.23. The van der Waals surface area contributed by atoms with E-state index >= 15 is 0 Å². The molecule has 4 heteroatoms. The van der Waals surface area contributed by atoms with Crippen LogP contribution in [0.15, 0.2) is 48.5 Å². The first-order valence-electron chi connectivity index (χ1n) is 7.29. The van der Waals surface area contributed by atoms with Crippen molar-refractivity contribution in [2.45, 2.75) is 19.4 Å². The molecular formula is C18H16N2O2. The molecule has 0 aromatic heterocycles. The van der Waals surface area contributed by atoms with Crippen LogP contribution in [0, 0.1) is 11.3 Å². The molecule has 1 aliphatic rings. The molecule has 3 rings (SSSR count). The van der Waals surface area contributed by atoms with Crippen molar-refractivity contribution in [3.63, 3.8) is 0 Å². The Kier molecular flexibility index (Phi) is 4.06. The van der Waals surface area contributed by atoms with Gasteiger partial charge in [-0.3, -0.25) is 4.79 Å². The van der Waals surface area contributed by atoms with Crippen LogP contribution in [0.25, 0.3) is 0 Å². The summed E-state index contributed by atoms with van der Waals surface area (Å²) in [5.74, 6) is 0.903. The third-order valence-corrected chi connectivity index (χ3v) is 3.75. The molecule has 1 heterocycles. The van der Waals surface area contributed by atoms with Crippen LogP contribution in [-0.2, 0) is 11.4 Å². The zero-order valence-corrected chi connectivity index (χ0v) is 12.2. The van der Waals surface area contributed by atoms with Gasteiger partial charge in [0.15, 0.2) is 0 Å². The molecule has 4 nitrogen and oxygen atoms in total. The molecule has 0 bridgehead atoms. The number of hydrogen-bond acceptors (Lipinski definition) is 3. The predicted octanol–water partition coefficient (Wildman–Crippen LogP) is 3.26. The number of rotatable bonds is 4. The van der Waals surface area contributed by atoms with Crippen LogP contribution >= 0.6 is 0 Å². The van der Waals surface area contributed by atoms with E-state index in [0.717, 1.165) is 30.0 Å². The molecule has 110 valence electrons. The highest BCUT2D eigenvalue weighted by Crippen LogP contribution is 2.24. The van der Waals surface area contributed by atoms with E-state index in [9.17, 15) is 4.79 Å². The third kappa shape index (κ3) is 2.94. The van der Waals surface area contributed by atoms with E-state index in [1.807, 2.05) is 42.5 Å². The van der Waals surface area contributed by atoms with Crippen molar-refractivity contribution in [2.75, 3.05) is 11.4 Å². The number of amides is 1. The van der Waals surface area contributed by atoms with Gasteiger partial charge < -0.3 is 9.64 Å². The lowest BCUT2D eigenvalue weighted by Gasteiger charge is -2.16. The summed E-state index contributed by atoms with van der Waals surface area (Å²) in [7, 11) is 0. The maximum absolute atomic E-state index is 11.7. The molecule has 22 heavy (non-hydrogen) atoms. The molecule has 2 aromatic carbocycles. The highest BCUT2D eigenvalue weighted by molar-refractivity contribution is 5.95. The van der Waals surface area contributed by atoms with Crippen LogP contribution in [-0.4, -0.2) is 12.5 Å². The summed E-state index contributed by atoms with van der Waals surface area (Å²) in [4.78, 5) is 13.5. The third-order valence-electron chi connectivity index (χ3n) is 3.75. The Labute approximate surface area is 129 Å². The smallest absolute Gasteiger partial charge is 0.227 e. The fourth-order valence-corrected chi connectivity index (χ4v) is 2.56. The van der Waals surface area contributed by atoms with E-state index in [2.05, 4.69) is 6.07 Å². The van der Waals surface area contributed by atoms with E-state index in [4.69, 9.17) is 10.00 Å². The van der Waals surface area contributed by atoms with Crippen molar-refractivity contribution in [2.24, 2.45) is 0 Å². The van der Waals surface area contributed by atoms with Gasteiger partial charge in [0.2, 0.25) is 5.91 Å². The average Bonchev–Trinajstić information content (AvgIpc) is 3.00. The predicted molar refractivity (Wildman–Crippen MR) is 83.5 cm³/mol. The Hall–Kier alpha value is -2.80. The van der Waals surface area contributed by atoms with Gasteiger partial charge >= 0.3 is 0 Å². The summed E-state index contributed by atoms with van der Waals surface area (Å²) in [6.07, 6.45) is 1.55. The Morgan fingerprint density at radius 1 is 1.14 bits per heavy atom. The summed E-state index contributed by atoms with van der Waals surface area (Å²) in [5, 5.41) is 9.06. The summed E-state index contributed by atoms with van der Waals surface area (Å²) >= 11 is 0. The number of anilines is 1. The highest BCUT2D eigenvalue weighted by Gasteiger charge is 2.21. The van der Waals surface area contributed by atoms with Gasteiger partial charge in [-0.25, -0.2) is 0 Å². The van der Waals surface area contributed by atoms with Crippen LogP contribution in [0.1, 0.15) is 24.0 Å². The number of benzene rings is 2. The lowest BCUT2D eigenvalue weighted by atomic mass is 10.1. The molecule has 0 saturated carbocycles. The Morgan fingerprint density at radius 3 is 2.59 bits per heavy atom. The Bertz CT molecular complexity index is 717. The minimum Gasteiger partial charge on any atom is -0.489 e. The van der Waals surface area contributed by atoms with Crippen molar-refractivity contribution >= 4 is 11.6 Å². The minimum atomic E-state index is 0.177. The van der Waals surface area contributed by atoms with E-state index in [1.54, 1.807) is 11.0 Å². The molecule has 1 aliphatic heterocycles. The monoisotopic (exact) mass is 292 g/mol. The summed E-state index contributed by atoms with van der Waals surface area (Å²) in [6, 6.07) is 17.1. The number of hydrogen-bond donors (Lipinski definition) is 0. The largest absolute Gasteiger partial charge is 0.489 e. The van der Waals surface area contributed by atoms with E-state index < -0.39 is 0 Å². The lowest BCUT2D eigenvalue weighted by molar-refractivity contribution is -0.117. The first-order chi connectivity index (χ1) is 10.8. The van der Waals surface area contributed by atoms with E-state index in [-0.39, 0.29) is 5.91 Å². The second kappa shape index (κ2) is 6.31. The van der Waals surface area contributed by atoms with Gasteiger partial charge in [-0.2, -0.15) is 5.26 Å². The van der Waals surface area contributed by atoms with E-state index in [1.165, 1.54) is 0 Å². The van der Waals surface area contributed by atoms with Gasteiger partial charge in [0, 0.05) is 24.2 Å². The molecule has 0 unspecified atom stereocenters. The topological polar surface area (TPSA) is 53.3 Å². The van der Waals surface area contributed by atoms with Crippen molar-refractivity contribution in [1.82, 2.24) is 0 Å². The molecular weight excluding hydrogens is 276 g/mol. The van der Waals surface area contributed by atoms with Crippen LogP contribution < -0.4 is 9.64 Å². The molecule has 2 aromatic rings. The average molecular weight is 292 g/mol. The molecule has 1 amide bonds. The Morgan fingerprint density at radius 2 is 1.91 bits per heavy atom. The second-order valence-corrected chi connectivity index (χ2v) is 5.20. The molecule has 0 atom stereocenters. The second-order valence-electron chi connectivity index (χ2n) is 5.20. The van der Waals surface area contributed by atoms with Crippen molar-refractivity contribution in [3.05, 3.63) is 59.7 Å². The van der Waals surface area contributed by atoms with Gasteiger partial charge in [-0.1, -0.05) is 18.2 Å². The van der Waals surface area contributed by atoms with Gasteiger partial charge in [-0.05, 0) is 36.8 Å².